The molecular formula is C18H17F3N4O3. The van der Waals surface area contributed by atoms with Crippen LogP contribution < -0.4 is 11.1 Å². The van der Waals surface area contributed by atoms with Crippen LogP contribution in [0, 0.1) is 5.82 Å². The topological polar surface area (TPSA) is 103 Å². The van der Waals surface area contributed by atoms with Crippen molar-refractivity contribution in [3.8, 4) is 0 Å². The van der Waals surface area contributed by atoms with Crippen molar-refractivity contribution in [1.82, 2.24) is 4.98 Å². The zero-order valence-electron chi connectivity index (χ0n) is 14.8. The molecule has 2 heterocycles. The Balaban J connectivity index is 1.67. The van der Waals surface area contributed by atoms with Gasteiger partial charge in [-0.2, -0.15) is 8.78 Å². The zero-order chi connectivity index (χ0) is 20.1. The first-order valence-electron chi connectivity index (χ1n) is 8.62. The Morgan fingerprint density at radius 3 is 2.82 bits per heavy atom. The average Bonchev–Trinajstić information content (AvgIpc) is 3.36. The van der Waals surface area contributed by atoms with E-state index in [1.54, 1.807) is 0 Å². The summed E-state index contributed by atoms with van der Waals surface area (Å²) in [5.74, 6) is -4.34. The van der Waals surface area contributed by atoms with Crippen molar-refractivity contribution in [3.05, 3.63) is 47.4 Å². The Bertz CT molecular complexity index is 971. The number of hydrogen-bond acceptors (Lipinski definition) is 6. The fourth-order valence-electron chi connectivity index (χ4n) is 3.12. The quantitative estimate of drug-likeness (QED) is 0.829. The van der Waals surface area contributed by atoms with Crippen molar-refractivity contribution in [1.29, 1.82) is 0 Å². The predicted octanol–water partition coefficient (Wildman–Crippen LogP) is 3.14. The third kappa shape index (κ3) is 2.98. The number of anilines is 1. The number of carbonyl (C=O) groups excluding carboxylic acids is 1. The minimum Gasteiger partial charge on any atom is -0.459 e. The second-order valence-corrected chi connectivity index (χ2v) is 7.00. The molecule has 1 aliphatic heterocycles. The second-order valence-electron chi connectivity index (χ2n) is 7.00. The molecule has 1 atom stereocenters. The summed E-state index contributed by atoms with van der Waals surface area (Å²) in [6.45, 7) is 0.0355. The number of halogens is 3. The number of amides is 1. The highest BCUT2D eigenvalue weighted by atomic mass is 19.3. The Morgan fingerprint density at radius 2 is 2.11 bits per heavy atom. The van der Waals surface area contributed by atoms with E-state index in [0.717, 1.165) is 31.9 Å². The van der Waals surface area contributed by atoms with E-state index in [1.807, 2.05) is 0 Å². The summed E-state index contributed by atoms with van der Waals surface area (Å²) in [6, 6.07) is 2.90. The lowest BCUT2D eigenvalue weighted by atomic mass is 9.85. The Labute approximate surface area is 157 Å². The van der Waals surface area contributed by atoms with Crippen molar-refractivity contribution < 1.29 is 27.1 Å². The van der Waals surface area contributed by atoms with Gasteiger partial charge in [0.2, 0.25) is 0 Å². The molecule has 10 heteroatoms. The van der Waals surface area contributed by atoms with E-state index in [2.05, 4.69) is 20.0 Å². The van der Waals surface area contributed by atoms with E-state index in [4.69, 9.17) is 10.2 Å². The number of ether oxygens (including phenoxy) is 1. The van der Waals surface area contributed by atoms with E-state index < -0.39 is 41.4 Å². The molecule has 1 aliphatic carbocycles. The van der Waals surface area contributed by atoms with Crippen molar-refractivity contribution in [2.45, 2.75) is 37.1 Å². The van der Waals surface area contributed by atoms with Gasteiger partial charge >= 0.3 is 5.92 Å². The standard InChI is InChI=1S/C18H17F3N4O3/c1-17(18(20,21)7-27-16(22)25-17)11-6-10(4-5-12(11)19)24-15(26)13-14(9-2-3-9)28-8-23-13/h4-6,8-9H,2-3,7H2,1H3,(H2,22,25)(H,24,26)/t17-/m1/s1. The summed E-state index contributed by atoms with van der Waals surface area (Å²) < 4.78 is 53.3. The summed E-state index contributed by atoms with van der Waals surface area (Å²) in [5.41, 5.74) is 2.98. The number of alkyl halides is 2. The summed E-state index contributed by atoms with van der Waals surface area (Å²) in [4.78, 5) is 20.1. The molecule has 2 aliphatic rings. The fraction of sp³-hybridized carbons (Fsp3) is 0.389. The molecule has 28 heavy (non-hydrogen) atoms. The maximum absolute atomic E-state index is 14.5. The number of nitrogens with two attached hydrogens (primary N) is 1. The number of aromatic nitrogens is 1. The first-order chi connectivity index (χ1) is 13.2. The smallest absolute Gasteiger partial charge is 0.310 e. The minimum absolute atomic E-state index is 0.114. The van der Waals surface area contributed by atoms with E-state index in [-0.39, 0.29) is 17.3 Å². The Hall–Kier alpha value is -3.04. The molecule has 3 N–H and O–H groups in total. The highest BCUT2D eigenvalue weighted by Crippen LogP contribution is 2.45. The number of benzene rings is 1. The molecule has 2 aromatic rings. The molecule has 7 nitrogen and oxygen atoms in total. The molecule has 1 fully saturated rings. The van der Waals surface area contributed by atoms with Crippen LogP contribution in [0.25, 0.3) is 0 Å². The number of carbonyl (C=O) groups is 1. The molecule has 0 bridgehead atoms. The molecule has 0 spiro atoms. The summed E-state index contributed by atoms with van der Waals surface area (Å²) in [5, 5.41) is 2.55. The van der Waals surface area contributed by atoms with Crippen LogP contribution in [0.2, 0.25) is 0 Å². The number of aliphatic imine (C=N–C) groups is 1. The lowest BCUT2D eigenvalue weighted by molar-refractivity contribution is -0.117. The van der Waals surface area contributed by atoms with Gasteiger partial charge in [0.25, 0.3) is 11.9 Å². The normalized spacial score (nSPS) is 23.6. The summed E-state index contributed by atoms with van der Waals surface area (Å²) in [7, 11) is 0. The van der Waals surface area contributed by atoms with E-state index in [1.165, 1.54) is 12.5 Å². The van der Waals surface area contributed by atoms with Crippen LogP contribution in [-0.2, 0) is 10.3 Å². The SMILES string of the molecule is C[C@]1(c2cc(NC(=O)c3ncoc3C3CC3)ccc2F)N=C(N)OCC1(F)F. The average molecular weight is 394 g/mol. The number of amidine groups is 1. The maximum Gasteiger partial charge on any atom is 0.310 e. The van der Waals surface area contributed by atoms with E-state index in [9.17, 15) is 18.0 Å². The molecule has 0 unspecified atom stereocenters. The molecule has 0 saturated heterocycles. The van der Waals surface area contributed by atoms with Crippen molar-refractivity contribution >= 4 is 17.6 Å². The molecule has 4 rings (SSSR count). The zero-order valence-corrected chi connectivity index (χ0v) is 14.8. The number of hydrogen-bond donors (Lipinski definition) is 2. The first kappa shape index (κ1) is 18.3. The van der Waals surface area contributed by atoms with Crippen molar-refractivity contribution in [2.24, 2.45) is 10.7 Å². The van der Waals surface area contributed by atoms with E-state index in [0.29, 0.717) is 5.76 Å². The summed E-state index contributed by atoms with van der Waals surface area (Å²) in [6.07, 6.45) is 3.00. The third-order valence-corrected chi connectivity index (χ3v) is 4.95. The van der Waals surface area contributed by atoms with Gasteiger partial charge in [-0.05, 0) is 38.0 Å². The van der Waals surface area contributed by atoms with Crippen LogP contribution in [0.4, 0.5) is 18.9 Å². The van der Waals surface area contributed by atoms with Gasteiger partial charge in [0.1, 0.15) is 11.6 Å². The number of oxazole rings is 1. The minimum atomic E-state index is -3.51. The van der Waals surface area contributed by atoms with Crippen LogP contribution in [0.5, 0.6) is 0 Å². The van der Waals surface area contributed by atoms with Gasteiger partial charge in [0, 0.05) is 17.2 Å². The molecule has 1 saturated carbocycles. The van der Waals surface area contributed by atoms with Gasteiger partial charge in [-0.15, -0.1) is 0 Å². The van der Waals surface area contributed by atoms with Crippen LogP contribution in [-0.4, -0.2) is 29.4 Å². The van der Waals surface area contributed by atoms with Gasteiger partial charge in [-0.3, -0.25) is 4.79 Å². The fourth-order valence-corrected chi connectivity index (χ4v) is 3.12. The Kier molecular flexibility index (Phi) is 4.09. The lowest BCUT2D eigenvalue weighted by Crippen LogP contribution is -2.51. The van der Waals surface area contributed by atoms with Crippen LogP contribution in [0.15, 0.2) is 34.0 Å². The third-order valence-electron chi connectivity index (χ3n) is 4.95. The number of rotatable bonds is 4. The molecule has 1 amide bonds. The number of nitrogens with one attached hydrogen (secondary N) is 1. The highest BCUT2D eigenvalue weighted by molar-refractivity contribution is 6.03. The molecule has 1 aromatic heterocycles. The van der Waals surface area contributed by atoms with Gasteiger partial charge < -0.3 is 20.2 Å². The largest absolute Gasteiger partial charge is 0.459 e. The maximum atomic E-state index is 14.5. The van der Waals surface area contributed by atoms with Crippen LogP contribution in [0.3, 0.4) is 0 Å². The van der Waals surface area contributed by atoms with Crippen LogP contribution >= 0.6 is 0 Å². The van der Waals surface area contributed by atoms with Gasteiger partial charge in [0.15, 0.2) is 24.2 Å². The molecule has 1 aromatic carbocycles. The first-order valence-corrected chi connectivity index (χ1v) is 8.62. The molecular weight excluding hydrogens is 377 g/mol. The van der Waals surface area contributed by atoms with Gasteiger partial charge in [-0.25, -0.2) is 14.4 Å². The van der Waals surface area contributed by atoms with Gasteiger partial charge in [0.05, 0.1) is 0 Å². The second kappa shape index (κ2) is 6.25. The van der Waals surface area contributed by atoms with E-state index >= 15 is 0 Å². The van der Waals surface area contributed by atoms with Crippen molar-refractivity contribution in [3.63, 3.8) is 0 Å². The number of nitrogens with zero attached hydrogens (tertiary/aromatic N) is 2. The highest BCUT2D eigenvalue weighted by Gasteiger charge is 2.56. The molecule has 148 valence electrons. The predicted molar refractivity (Wildman–Crippen MR) is 92.7 cm³/mol. The lowest BCUT2D eigenvalue weighted by Gasteiger charge is -2.37. The molecule has 0 radical (unpaired) electrons. The Morgan fingerprint density at radius 1 is 1.36 bits per heavy atom. The van der Waals surface area contributed by atoms with Crippen LogP contribution in [0.1, 0.15) is 47.5 Å². The van der Waals surface area contributed by atoms with Crippen molar-refractivity contribution in [2.75, 3.05) is 11.9 Å². The van der Waals surface area contributed by atoms with Gasteiger partial charge in [-0.1, -0.05) is 0 Å². The monoisotopic (exact) mass is 394 g/mol. The summed E-state index contributed by atoms with van der Waals surface area (Å²) >= 11 is 0.